The van der Waals surface area contributed by atoms with Gasteiger partial charge in [0.05, 0.1) is 22.9 Å². The second-order valence-corrected chi connectivity index (χ2v) is 12.9. The number of hydrogen-bond donors (Lipinski definition) is 6. The van der Waals surface area contributed by atoms with Crippen LogP contribution in [0.3, 0.4) is 0 Å². The molecule has 6 N–H and O–H groups in total. The van der Waals surface area contributed by atoms with Gasteiger partial charge in [0.2, 0.25) is 5.91 Å². The van der Waals surface area contributed by atoms with Crippen molar-refractivity contribution in [3.63, 3.8) is 0 Å². The van der Waals surface area contributed by atoms with Crippen molar-refractivity contribution in [2.75, 3.05) is 30.3 Å². The van der Waals surface area contributed by atoms with Crippen LogP contribution in [0.2, 0.25) is 0 Å². The molecule has 5 aliphatic rings. The van der Waals surface area contributed by atoms with Crippen molar-refractivity contribution in [2.45, 2.75) is 62.1 Å². The fourth-order valence-electron chi connectivity index (χ4n) is 7.43. The number of carbonyl (C=O) groups is 5. The van der Waals surface area contributed by atoms with Gasteiger partial charge in [-0.1, -0.05) is 30.1 Å². The van der Waals surface area contributed by atoms with E-state index < -0.39 is 46.8 Å². The highest BCUT2D eigenvalue weighted by Crippen LogP contribution is 2.67. The highest BCUT2D eigenvalue weighted by Gasteiger charge is 2.82. The average Bonchev–Trinajstić information content (AvgIpc) is 3.76. The van der Waals surface area contributed by atoms with Crippen molar-refractivity contribution in [1.82, 2.24) is 10.2 Å². The van der Waals surface area contributed by atoms with Crippen LogP contribution >= 0.6 is 0 Å². The van der Waals surface area contributed by atoms with Gasteiger partial charge in [0.15, 0.2) is 28.9 Å². The zero-order chi connectivity index (χ0) is 36.1. The molecule has 3 amide bonds. The number of ketones is 2. The summed E-state index contributed by atoms with van der Waals surface area (Å²) in [5.74, 6) is 8.87. The first kappa shape index (κ1) is 33.8. The molecule has 5 atom stereocenters. The molecule has 13 nitrogen and oxygen atoms in total. The third-order valence-electron chi connectivity index (χ3n) is 9.92. The lowest BCUT2D eigenvalue weighted by atomic mass is 9.69. The van der Waals surface area contributed by atoms with Gasteiger partial charge in [-0.25, -0.2) is 0 Å². The number of anilines is 2. The summed E-state index contributed by atoms with van der Waals surface area (Å²) in [4.78, 5) is 64.7. The molecule has 3 heterocycles. The topological polar surface area (TPSA) is 198 Å². The summed E-state index contributed by atoms with van der Waals surface area (Å²) < 4.78 is 6.20. The first-order chi connectivity index (χ1) is 24.5. The van der Waals surface area contributed by atoms with E-state index in [0.29, 0.717) is 51.0 Å². The zero-order valence-electron chi connectivity index (χ0n) is 27.5. The number of unbranched alkanes of at least 4 members (excludes halogenated alkanes) is 2. The van der Waals surface area contributed by atoms with Gasteiger partial charge in [-0.3, -0.25) is 28.9 Å². The number of allylic oxidation sites excluding steroid dienone is 2. The Bertz CT molecular complexity index is 2080. The van der Waals surface area contributed by atoms with Gasteiger partial charge in [-0.05, 0) is 56.2 Å². The first-order valence-corrected chi connectivity index (χ1v) is 16.7. The second kappa shape index (κ2) is 12.9. The Morgan fingerprint density at radius 2 is 1.71 bits per heavy atom. The van der Waals surface area contributed by atoms with Crippen LogP contribution in [0.25, 0.3) is 0 Å². The van der Waals surface area contributed by atoms with Crippen LogP contribution in [0.4, 0.5) is 11.4 Å². The molecule has 1 saturated heterocycles. The Labute approximate surface area is 292 Å². The first-order valence-electron chi connectivity index (χ1n) is 16.7. The number of hydrogen-bond acceptors (Lipinski definition) is 11. The van der Waals surface area contributed by atoms with E-state index in [1.54, 1.807) is 6.07 Å². The second-order valence-electron chi connectivity index (χ2n) is 12.9. The third kappa shape index (κ3) is 5.38. The largest absolute Gasteiger partial charge is 0.507 e. The molecule has 0 radical (unpaired) electrons. The number of rotatable bonds is 11. The Hall–Kier alpha value is -5.73. The minimum absolute atomic E-state index is 0.0817. The molecule has 1 fully saturated rings. The number of aliphatic hydroxyl groups is 2. The van der Waals surface area contributed by atoms with Gasteiger partial charge in [0.25, 0.3) is 11.8 Å². The highest BCUT2D eigenvalue weighted by atomic mass is 16.7. The van der Waals surface area contributed by atoms with E-state index in [0.717, 1.165) is 0 Å². The number of ether oxygens (including phenoxy) is 1. The molecule has 7 rings (SSSR count). The minimum Gasteiger partial charge on any atom is -0.507 e. The lowest BCUT2D eigenvalue weighted by Gasteiger charge is -2.37. The summed E-state index contributed by atoms with van der Waals surface area (Å²) in [6.07, 6.45) is 5.03. The van der Waals surface area contributed by atoms with E-state index in [1.165, 1.54) is 54.3 Å². The highest BCUT2D eigenvalue weighted by molar-refractivity contribution is 6.31. The number of nitrogens with one attached hydrogen (secondary N) is 3. The van der Waals surface area contributed by atoms with E-state index >= 15 is 0 Å². The number of fused-ring (bicyclic) bond motifs is 4. The monoisotopic (exact) mass is 690 g/mol. The van der Waals surface area contributed by atoms with Crippen LogP contribution in [0, 0.1) is 23.7 Å². The lowest BCUT2D eigenvalue weighted by Crippen LogP contribution is -2.54. The third-order valence-corrected chi connectivity index (χ3v) is 9.92. The van der Waals surface area contributed by atoms with Crippen LogP contribution in [-0.2, 0) is 24.7 Å². The number of epoxide rings is 1. The molecule has 0 aromatic heterocycles. The zero-order valence-corrected chi connectivity index (χ0v) is 27.5. The number of imide groups is 1. The number of carbonyl (C=O) groups excluding carboxylic acids is 5. The van der Waals surface area contributed by atoms with Crippen molar-refractivity contribution in [2.24, 2.45) is 0 Å². The summed E-state index contributed by atoms with van der Waals surface area (Å²) in [6, 6.07) is 5.04. The summed E-state index contributed by atoms with van der Waals surface area (Å²) in [6.45, 7) is 2.44. The molecule has 0 spiro atoms. The standard InChI is InChI=1S/C38H34N4O9/c1-21(43)37-27-9-5-2-3-6-10-28(45)38(37,51-37)25-20-26(44)32-33(34(25)41-27)35(49)23-13-12-22(19-24(23)36(32)50)39-16-17-40-29(46)11-7-4-8-18-42-30(47)14-15-31(42)48/h2-3,12-15,19-21,27-28,39,41,43-45H,4,7-8,11,16-18H2,1H3,(H,40,46)/b3-2-/t21-,27+,28-,37+,38+/m1/s1. The number of nitrogens with zero attached hydrogens (tertiary/aromatic N) is 1. The molecule has 51 heavy (non-hydrogen) atoms. The Balaban J connectivity index is 1.03. The lowest BCUT2D eigenvalue weighted by molar-refractivity contribution is -0.137. The van der Waals surface area contributed by atoms with Crippen molar-refractivity contribution >= 4 is 40.7 Å². The minimum atomic E-state index is -1.65. The van der Waals surface area contributed by atoms with E-state index in [2.05, 4.69) is 39.6 Å². The van der Waals surface area contributed by atoms with Crippen molar-refractivity contribution in [3.8, 4) is 29.4 Å². The SMILES string of the molecule is C[C@@H](O)[C@@]12O[C@]13c1cc(O)c4c(c1N[C@H]2C#C/C=C\C#C[C@H]3O)C(=O)c1ccc(NCCNC(=O)CCCCCN2C(=O)C=CC2=O)cc1C4=O. The molecule has 3 aliphatic heterocycles. The predicted octanol–water partition coefficient (Wildman–Crippen LogP) is 1.26. The maximum Gasteiger partial charge on any atom is 0.253 e. The Morgan fingerprint density at radius 1 is 0.980 bits per heavy atom. The van der Waals surface area contributed by atoms with Crippen LogP contribution < -0.4 is 16.0 Å². The Kier molecular flexibility index (Phi) is 8.51. The molecule has 2 aliphatic carbocycles. The summed E-state index contributed by atoms with van der Waals surface area (Å²) in [5.41, 5.74) is -2.34. The molecular formula is C38H34N4O9. The van der Waals surface area contributed by atoms with Gasteiger partial charge < -0.3 is 36.0 Å². The van der Waals surface area contributed by atoms with Crippen LogP contribution in [0.15, 0.2) is 48.6 Å². The number of benzene rings is 2. The van der Waals surface area contributed by atoms with Crippen LogP contribution in [0.5, 0.6) is 5.75 Å². The average molecular weight is 691 g/mol. The maximum atomic E-state index is 14.1. The van der Waals surface area contributed by atoms with Crippen LogP contribution in [0.1, 0.15) is 70.0 Å². The molecular weight excluding hydrogens is 656 g/mol. The predicted molar refractivity (Wildman–Crippen MR) is 183 cm³/mol. The van der Waals surface area contributed by atoms with E-state index in [4.69, 9.17) is 4.74 Å². The maximum absolute atomic E-state index is 14.1. The van der Waals surface area contributed by atoms with E-state index in [1.807, 2.05) is 0 Å². The number of phenolic OH excluding ortho intramolecular Hbond substituents is 1. The molecule has 0 unspecified atom stereocenters. The Morgan fingerprint density at radius 3 is 2.45 bits per heavy atom. The molecule has 260 valence electrons. The summed E-state index contributed by atoms with van der Waals surface area (Å²) in [5, 5.41) is 42.7. The van der Waals surface area contributed by atoms with E-state index in [9.17, 15) is 39.3 Å². The number of aliphatic hydroxyl groups excluding tert-OH is 2. The molecule has 2 aromatic carbocycles. The summed E-state index contributed by atoms with van der Waals surface area (Å²) in [7, 11) is 0. The van der Waals surface area contributed by atoms with Crippen molar-refractivity contribution in [1.29, 1.82) is 0 Å². The normalized spacial score (nSPS) is 25.8. The van der Waals surface area contributed by atoms with Gasteiger partial charge in [-0.15, -0.1) is 0 Å². The van der Waals surface area contributed by atoms with Gasteiger partial charge in [0.1, 0.15) is 11.8 Å². The number of aromatic hydroxyl groups is 1. The molecule has 13 heteroatoms. The number of phenols is 1. The molecule has 2 aromatic rings. The molecule has 2 bridgehead atoms. The fourth-order valence-corrected chi connectivity index (χ4v) is 7.43. The van der Waals surface area contributed by atoms with Gasteiger partial charge >= 0.3 is 0 Å². The van der Waals surface area contributed by atoms with Gasteiger partial charge in [-0.2, -0.15) is 0 Å². The van der Waals surface area contributed by atoms with Crippen molar-refractivity contribution in [3.05, 3.63) is 76.4 Å². The fraction of sp³-hybridized carbons (Fsp3) is 0.342. The van der Waals surface area contributed by atoms with E-state index in [-0.39, 0.29) is 51.2 Å². The van der Waals surface area contributed by atoms with Gasteiger partial charge in [0, 0.05) is 60.6 Å². The number of amides is 3. The quantitative estimate of drug-likeness (QED) is 0.0557. The van der Waals surface area contributed by atoms with Crippen LogP contribution in [-0.4, -0.2) is 93.0 Å². The molecule has 0 saturated carbocycles. The smallest absolute Gasteiger partial charge is 0.253 e. The van der Waals surface area contributed by atoms with Crippen molar-refractivity contribution < 1.29 is 44.0 Å². The summed E-state index contributed by atoms with van der Waals surface area (Å²) >= 11 is 0.